The van der Waals surface area contributed by atoms with Crippen molar-refractivity contribution in [2.24, 2.45) is 0 Å². The van der Waals surface area contributed by atoms with Crippen LogP contribution in [-0.2, 0) is 19.6 Å². The molecule has 3 N–H and O–H groups in total. The summed E-state index contributed by atoms with van der Waals surface area (Å²) < 4.78 is 2.01. The first-order chi connectivity index (χ1) is 7.79. The van der Waals surface area contributed by atoms with E-state index in [1.54, 1.807) is 7.05 Å². The zero-order valence-corrected chi connectivity index (χ0v) is 9.42. The molecule has 0 unspecified atom stereocenters. The van der Waals surface area contributed by atoms with Crippen LogP contribution in [0.1, 0.15) is 17.8 Å². The molecule has 2 rings (SSSR count). The van der Waals surface area contributed by atoms with Crippen LogP contribution < -0.4 is 16.0 Å². The number of rotatable bonds is 2. The summed E-state index contributed by atoms with van der Waals surface area (Å²) in [6.07, 6.45) is 1.09. The first-order valence-corrected chi connectivity index (χ1v) is 5.51. The number of nitrogens with zero attached hydrogens (tertiary/aromatic N) is 2. The Morgan fingerprint density at radius 3 is 3.38 bits per heavy atom. The number of fused-ring (bicyclic) bond motifs is 1. The number of amides is 2. The van der Waals surface area contributed by atoms with E-state index in [-0.39, 0.29) is 6.03 Å². The molecule has 0 saturated heterocycles. The quantitative estimate of drug-likeness (QED) is 0.650. The Hall–Kier alpha value is -1.56. The molecule has 2 heterocycles. The Morgan fingerprint density at radius 1 is 1.69 bits per heavy atom. The van der Waals surface area contributed by atoms with Crippen molar-refractivity contribution in [3.63, 3.8) is 0 Å². The lowest BCUT2D eigenvalue weighted by atomic mass is 10.3. The number of nitrogens with one attached hydrogen (secondary N) is 3. The molecule has 0 spiro atoms. The van der Waals surface area contributed by atoms with Crippen LogP contribution in [0.2, 0.25) is 0 Å². The molecule has 88 valence electrons. The monoisotopic (exact) mass is 223 g/mol. The van der Waals surface area contributed by atoms with Gasteiger partial charge in [-0.25, -0.2) is 4.79 Å². The fourth-order valence-corrected chi connectivity index (χ4v) is 1.77. The average Bonchev–Trinajstić information content (AvgIpc) is 2.56. The Bertz CT molecular complexity index is 350. The lowest BCUT2D eigenvalue weighted by molar-refractivity contribution is 0.242. The third kappa shape index (κ3) is 2.52. The van der Waals surface area contributed by atoms with Crippen LogP contribution in [0.25, 0.3) is 0 Å². The molecule has 1 aliphatic rings. The fourth-order valence-electron chi connectivity index (χ4n) is 1.77. The zero-order valence-electron chi connectivity index (χ0n) is 9.42. The molecule has 0 bridgehead atoms. The second-order valence-corrected chi connectivity index (χ2v) is 3.81. The van der Waals surface area contributed by atoms with E-state index in [0.717, 1.165) is 31.7 Å². The number of urea groups is 1. The standard InChI is InChI=1S/C10H17N5O/c1-11-10(16)13-6-8-5-9-7-12-3-2-4-15(9)14-8/h5,12H,2-4,6-7H2,1H3,(H2,11,13,16). The number of hydrogen-bond donors (Lipinski definition) is 3. The zero-order chi connectivity index (χ0) is 11.4. The molecule has 0 aromatic carbocycles. The number of carbonyl (C=O) groups is 1. The molecule has 0 aliphatic carbocycles. The van der Waals surface area contributed by atoms with Gasteiger partial charge in [0, 0.05) is 20.1 Å². The minimum Gasteiger partial charge on any atom is -0.341 e. The fraction of sp³-hybridized carbons (Fsp3) is 0.600. The lowest BCUT2D eigenvalue weighted by Crippen LogP contribution is -2.32. The molecule has 0 atom stereocenters. The summed E-state index contributed by atoms with van der Waals surface area (Å²) in [7, 11) is 1.60. The van der Waals surface area contributed by atoms with Gasteiger partial charge >= 0.3 is 6.03 Å². The SMILES string of the molecule is CNC(=O)NCc1cc2n(n1)CCCNC2. The van der Waals surface area contributed by atoms with Crippen molar-refractivity contribution < 1.29 is 4.79 Å². The van der Waals surface area contributed by atoms with Gasteiger partial charge in [-0.3, -0.25) is 4.68 Å². The summed E-state index contributed by atoms with van der Waals surface area (Å²) in [6.45, 7) is 3.31. The molecule has 1 aromatic heterocycles. The maximum atomic E-state index is 11.0. The molecular formula is C10H17N5O. The summed E-state index contributed by atoms with van der Waals surface area (Å²) in [6, 6.07) is 1.86. The second kappa shape index (κ2) is 4.98. The van der Waals surface area contributed by atoms with Crippen molar-refractivity contribution in [1.82, 2.24) is 25.7 Å². The molecule has 2 amide bonds. The highest BCUT2D eigenvalue weighted by Gasteiger charge is 2.10. The third-order valence-electron chi connectivity index (χ3n) is 2.60. The van der Waals surface area contributed by atoms with Gasteiger partial charge in [-0.2, -0.15) is 5.10 Å². The third-order valence-corrected chi connectivity index (χ3v) is 2.60. The lowest BCUT2D eigenvalue weighted by Gasteiger charge is -2.01. The van der Waals surface area contributed by atoms with Crippen LogP contribution in [-0.4, -0.2) is 29.4 Å². The van der Waals surface area contributed by atoms with Crippen LogP contribution in [0.15, 0.2) is 6.07 Å². The second-order valence-electron chi connectivity index (χ2n) is 3.81. The van der Waals surface area contributed by atoms with Crippen molar-refractivity contribution in [2.45, 2.75) is 26.1 Å². The van der Waals surface area contributed by atoms with E-state index in [2.05, 4.69) is 21.0 Å². The van der Waals surface area contributed by atoms with Crippen LogP contribution in [0.3, 0.4) is 0 Å². The highest BCUT2D eigenvalue weighted by atomic mass is 16.2. The van der Waals surface area contributed by atoms with Crippen molar-refractivity contribution in [2.75, 3.05) is 13.6 Å². The predicted octanol–water partition coefficient (Wildman–Crippen LogP) is -0.195. The van der Waals surface area contributed by atoms with Crippen LogP contribution in [0.5, 0.6) is 0 Å². The van der Waals surface area contributed by atoms with Gasteiger partial charge in [0.25, 0.3) is 0 Å². The van der Waals surface area contributed by atoms with Gasteiger partial charge in [0.1, 0.15) is 0 Å². The van der Waals surface area contributed by atoms with Crippen molar-refractivity contribution in [3.05, 3.63) is 17.5 Å². The Labute approximate surface area is 94.4 Å². The highest BCUT2D eigenvalue weighted by Crippen LogP contribution is 2.08. The molecule has 16 heavy (non-hydrogen) atoms. The van der Waals surface area contributed by atoms with Gasteiger partial charge in [-0.05, 0) is 19.0 Å². The van der Waals surface area contributed by atoms with E-state index < -0.39 is 0 Å². The largest absolute Gasteiger partial charge is 0.341 e. The topological polar surface area (TPSA) is 71.0 Å². The Morgan fingerprint density at radius 2 is 2.56 bits per heavy atom. The van der Waals surface area contributed by atoms with Crippen LogP contribution in [0.4, 0.5) is 4.79 Å². The minimum atomic E-state index is -0.179. The maximum absolute atomic E-state index is 11.0. The van der Waals surface area contributed by atoms with Crippen molar-refractivity contribution in [1.29, 1.82) is 0 Å². The van der Waals surface area contributed by atoms with E-state index in [1.165, 1.54) is 5.69 Å². The summed E-state index contributed by atoms with van der Waals surface area (Å²) >= 11 is 0. The van der Waals surface area contributed by atoms with E-state index in [1.807, 2.05) is 10.7 Å². The molecule has 0 radical (unpaired) electrons. The molecular weight excluding hydrogens is 206 g/mol. The van der Waals surface area contributed by atoms with Crippen molar-refractivity contribution in [3.8, 4) is 0 Å². The van der Waals surface area contributed by atoms with E-state index in [0.29, 0.717) is 6.54 Å². The highest BCUT2D eigenvalue weighted by molar-refractivity contribution is 5.73. The predicted molar refractivity (Wildman–Crippen MR) is 59.8 cm³/mol. The Kier molecular flexibility index (Phi) is 3.40. The first kappa shape index (κ1) is 10.9. The molecule has 1 aromatic rings. The van der Waals surface area contributed by atoms with Gasteiger partial charge < -0.3 is 16.0 Å². The van der Waals surface area contributed by atoms with Crippen LogP contribution >= 0.6 is 0 Å². The summed E-state index contributed by atoms with van der Waals surface area (Å²) in [5.41, 5.74) is 2.09. The number of carbonyl (C=O) groups excluding carboxylic acids is 1. The minimum absolute atomic E-state index is 0.179. The molecule has 6 heteroatoms. The normalized spacial score (nSPS) is 15.1. The number of aryl methyl sites for hydroxylation is 1. The van der Waals surface area contributed by atoms with E-state index >= 15 is 0 Å². The summed E-state index contributed by atoms with van der Waals surface area (Å²) in [5.74, 6) is 0. The van der Waals surface area contributed by atoms with E-state index in [4.69, 9.17) is 0 Å². The van der Waals surface area contributed by atoms with Gasteiger partial charge in [0.15, 0.2) is 0 Å². The first-order valence-electron chi connectivity index (χ1n) is 5.51. The van der Waals surface area contributed by atoms with E-state index in [9.17, 15) is 4.79 Å². The number of hydrogen-bond acceptors (Lipinski definition) is 3. The summed E-state index contributed by atoms with van der Waals surface area (Å²) in [4.78, 5) is 11.0. The van der Waals surface area contributed by atoms with Gasteiger partial charge in [0.05, 0.1) is 17.9 Å². The van der Waals surface area contributed by atoms with Gasteiger partial charge in [-0.1, -0.05) is 0 Å². The molecule has 0 saturated carbocycles. The Balaban J connectivity index is 1.98. The van der Waals surface area contributed by atoms with Gasteiger partial charge in [0.2, 0.25) is 0 Å². The summed E-state index contributed by atoms with van der Waals surface area (Å²) in [5, 5.41) is 13.0. The molecule has 0 fully saturated rings. The van der Waals surface area contributed by atoms with Crippen LogP contribution in [0, 0.1) is 0 Å². The smallest absolute Gasteiger partial charge is 0.314 e. The van der Waals surface area contributed by atoms with Crippen molar-refractivity contribution >= 4 is 6.03 Å². The maximum Gasteiger partial charge on any atom is 0.314 e. The average molecular weight is 223 g/mol. The number of aromatic nitrogens is 2. The molecule has 6 nitrogen and oxygen atoms in total. The van der Waals surface area contributed by atoms with Gasteiger partial charge in [-0.15, -0.1) is 0 Å². The molecule has 1 aliphatic heterocycles.